The molecule has 10 heteroatoms. The molecule has 0 aliphatic rings. The van der Waals surface area contributed by atoms with Crippen LogP contribution in [0.4, 0.5) is 0 Å². The lowest BCUT2D eigenvalue weighted by molar-refractivity contribution is 0.217. The molecule has 0 saturated heterocycles. The van der Waals surface area contributed by atoms with Gasteiger partial charge in [0, 0.05) is 18.7 Å². The van der Waals surface area contributed by atoms with Crippen molar-refractivity contribution in [3.63, 3.8) is 0 Å². The first-order chi connectivity index (χ1) is 13.5. The molecular formula is C18H18ClN3O5S. The van der Waals surface area contributed by atoms with E-state index in [2.05, 4.69) is 10.2 Å². The van der Waals surface area contributed by atoms with Crippen molar-refractivity contribution in [3.05, 3.63) is 53.6 Å². The van der Waals surface area contributed by atoms with Gasteiger partial charge >= 0.3 is 0 Å². The molecular weight excluding hydrogens is 406 g/mol. The molecule has 2 aromatic carbocycles. The zero-order valence-corrected chi connectivity index (χ0v) is 16.3. The van der Waals surface area contributed by atoms with Crippen molar-refractivity contribution in [1.82, 2.24) is 14.5 Å². The molecule has 0 radical (unpaired) electrons. The van der Waals surface area contributed by atoms with Gasteiger partial charge in [0.05, 0.1) is 28.7 Å². The topological polar surface area (TPSA) is 117 Å². The second-order valence-electron chi connectivity index (χ2n) is 5.77. The van der Waals surface area contributed by atoms with Crippen molar-refractivity contribution in [2.75, 3.05) is 26.3 Å². The van der Waals surface area contributed by atoms with Gasteiger partial charge in [0.25, 0.3) is 0 Å². The van der Waals surface area contributed by atoms with E-state index in [1.807, 2.05) is 18.2 Å². The van der Waals surface area contributed by atoms with Crippen LogP contribution in [0.5, 0.6) is 0 Å². The third-order valence-electron chi connectivity index (χ3n) is 3.95. The fourth-order valence-electron chi connectivity index (χ4n) is 2.58. The molecule has 3 aromatic rings. The summed E-state index contributed by atoms with van der Waals surface area (Å²) in [5.74, 6) is 0.360. The maximum atomic E-state index is 12.8. The van der Waals surface area contributed by atoms with Crippen LogP contribution in [0, 0.1) is 0 Å². The molecule has 148 valence electrons. The maximum absolute atomic E-state index is 12.8. The van der Waals surface area contributed by atoms with Crippen LogP contribution in [0.3, 0.4) is 0 Å². The van der Waals surface area contributed by atoms with Gasteiger partial charge in [0.1, 0.15) is 0 Å². The highest BCUT2D eigenvalue weighted by molar-refractivity contribution is 7.89. The molecule has 0 bridgehead atoms. The Labute approximate surface area is 167 Å². The Morgan fingerprint density at radius 3 is 2.25 bits per heavy atom. The van der Waals surface area contributed by atoms with Crippen molar-refractivity contribution in [2.45, 2.75) is 4.90 Å². The summed E-state index contributed by atoms with van der Waals surface area (Å²) in [6.07, 6.45) is 0. The van der Waals surface area contributed by atoms with Gasteiger partial charge < -0.3 is 14.6 Å². The lowest BCUT2D eigenvalue weighted by Gasteiger charge is -2.20. The predicted octanol–water partition coefficient (Wildman–Crippen LogP) is 2.03. The molecule has 0 unspecified atom stereocenters. The minimum absolute atomic E-state index is 0.0618. The van der Waals surface area contributed by atoms with E-state index in [4.69, 9.17) is 26.2 Å². The summed E-state index contributed by atoms with van der Waals surface area (Å²) in [5, 5.41) is 26.4. The number of aliphatic hydroxyl groups excluding tert-OH is 2. The lowest BCUT2D eigenvalue weighted by Crippen LogP contribution is -2.35. The van der Waals surface area contributed by atoms with Gasteiger partial charge in [-0.25, -0.2) is 8.42 Å². The standard InChI is InChI=1S/C18H18ClN3O5S/c19-16-7-6-14(28(25,26)22(8-10-23)9-11-24)12-15(16)18-21-20-17(27-18)13-4-2-1-3-5-13/h1-7,12,23-24H,8-11H2. The molecule has 0 aliphatic carbocycles. The minimum atomic E-state index is -3.95. The molecule has 8 nitrogen and oxygen atoms in total. The van der Waals surface area contributed by atoms with Gasteiger partial charge in [-0.05, 0) is 30.3 Å². The average Bonchev–Trinajstić information content (AvgIpc) is 3.18. The molecule has 0 amide bonds. The Balaban J connectivity index is 1.99. The zero-order chi connectivity index (χ0) is 20.1. The normalized spacial score (nSPS) is 11.9. The number of nitrogens with zero attached hydrogens (tertiary/aromatic N) is 3. The van der Waals surface area contributed by atoms with E-state index in [0.29, 0.717) is 0 Å². The highest BCUT2D eigenvalue weighted by atomic mass is 35.5. The van der Waals surface area contributed by atoms with Crippen LogP contribution in [0.15, 0.2) is 57.8 Å². The summed E-state index contributed by atoms with van der Waals surface area (Å²) >= 11 is 6.22. The van der Waals surface area contributed by atoms with Crippen LogP contribution in [0.25, 0.3) is 22.9 Å². The van der Waals surface area contributed by atoms with Crippen LogP contribution >= 0.6 is 11.6 Å². The summed E-state index contributed by atoms with van der Waals surface area (Å²) in [7, 11) is -3.95. The van der Waals surface area contributed by atoms with Crippen LogP contribution in [0.1, 0.15) is 0 Å². The van der Waals surface area contributed by atoms with E-state index >= 15 is 0 Å². The fourth-order valence-corrected chi connectivity index (χ4v) is 4.23. The lowest BCUT2D eigenvalue weighted by atomic mass is 10.2. The number of hydrogen-bond acceptors (Lipinski definition) is 7. The SMILES string of the molecule is O=S(=O)(c1ccc(Cl)c(-c2nnc(-c3ccccc3)o2)c1)N(CCO)CCO. The zero-order valence-electron chi connectivity index (χ0n) is 14.7. The van der Waals surface area contributed by atoms with Crippen LogP contribution < -0.4 is 0 Å². The van der Waals surface area contributed by atoms with Gasteiger partial charge in [-0.2, -0.15) is 4.31 Å². The number of hydrogen-bond donors (Lipinski definition) is 2. The minimum Gasteiger partial charge on any atom is -0.416 e. The highest BCUT2D eigenvalue weighted by Crippen LogP contribution is 2.32. The van der Waals surface area contributed by atoms with Crippen molar-refractivity contribution in [2.24, 2.45) is 0 Å². The molecule has 0 fully saturated rings. The number of aliphatic hydroxyl groups is 2. The maximum Gasteiger partial charge on any atom is 0.249 e. The van der Waals surface area contributed by atoms with Crippen molar-refractivity contribution in [3.8, 4) is 22.9 Å². The molecule has 1 aromatic heterocycles. The summed E-state index contributed by atoms with van der Waals surface area (Å²) in [5.41, 5.74) is 0.989. The second-order valence-corrected chi connectivity index (χ2v) is 8.12. The number of aromatic nitrogens is 2. The Morgan fingerprint density at radius 1 is 0.964 bits per heavy atom. The molecule has 0 spiro atoms. The smallest absolute Gasteiger partial charge is 0.249 e. The average molecular weight is 424 g/mol. The molecule has 0 atom stereocenters. The fraction of sp³-hybridized carbons (Fsp3) is 0.222. The van der Waals surface area contributed by atoms with Gasteiger partial charge in [0.15, 0.2) is 0 Å². The monoisotopic (exact) mass is 423 g/mol. The molecule has 3 rings (SSSR count). The third kappa shape index (κ3) is 4.23. The summed E-state index contributed by atoms with van der Waals surface area (Å²) < 4.78 is 32.3. The summed E-state index contributed by atoms with van der Waals surface area (Å²) in [6, 6.07) is 13.2. The van der Waals surface area contributed by atoms with E-state index in [-0.39, 0.29) is 53.6 Å². The molecule has 28 heavy (non-hydrogen) atoms. The Bertz CT molecular complexity index is 1030. The van der Waals surface area contributed by atoms with Gasteiger partial charge in [0.2, 0.25) is 21.8 Å². The number of halogens is 1. The first kappa shape index (κ1) is 20.4. The quantitative estimate of drug-likeness (QED) is 0.569. The number of benzene rings is 2. The van der Waals surface area contributed by atoms with Crippen LogP contribution in [0.2, 0.25) is 5.02 Å². The van der Waals surface area contributed by atoms with Crippen molar-refractivity contribution in [1.29, 1.82) is 0 Å². The van der Waals surface area contributed by atoms with E-state index in [1.165, 1.54) is 18.2 Å². The molecule has 0 saturated carbocycles. The van der Waals surface area contributed by atoms with Gasteiger partial charge in [-0.3, -0.25) is 0 Å². The predicted molar refractivity (Wildman–Crippen MR) is 103 cm³/mol. The molecule has 2 N–H and O–H groups in total. The summed E-state index contributed by atoms with van der Waals surface area (Å²) in [6.45, 7) is -1.02. The Hall–Kier alpha value is -2.30. The first-order valence-corrected chi connectivity index (χ1v) is 10.2. The first-order valence-electron chi connectivity index (χ1n) is 8.38. The Morgan fingerprint density at radius 2 is 1.61 bits per heavy atom. The third-order valence-corrected chi connectivity index (χ3v) is 6.17. The van der Waals surface area contributed by atoms with E-state index in [0.717, 1.165) is 9.87 Å². The van der Waals surface area contributed by atoms with E-state index < -0.39 is 10.0 Å². The number of sulfonamides is 1. The number of rotatable bonds is 8. The van der Waals surface area contributed by atoms with E-state index in [1.54, 1.807) is 12.1 Å². The summed E-state index contributed by atoms with van der Waals surface area (Å²) in [4.78, 5) is -0.0618. The van der Waals surface area contributed by atoms with Crippen molar-refractivity contribution < 1.29 is 23.0 Å². The Kier molecular flexibility index (Phi) is 6.42. The molecule has 0 aliphatic heterocycles. The van der Waals surface area contributed by atoms with E-state index in [9.17, 15) is 8.42 Å². The second kappa shape index (κ2) is 8.80. The largest absolute Gasteiger partial charge is 0.416 e. The van der Waals surface area contributed by atoms with Crippen molar-refractivity contribution >= 4 is 21.6 Å². The van der Waals surface area contributed by atoms with Crippen LogP contribution in [-0.2, 0) is 10.0 Å². The molecule has 1 heterocycles. The highest BCUT2D eigenvalue weighted by Gasteiger charge is 2.25. The van der Waals surface area contributed by atoms with Gasteiger partial charge in [-0.1, -0.05) is 29.8 Å². The van der Waals surface area contributed by atoms with Crippen LogP contribution in [-0.4, -0.2) is 59.4 Å². The van der Waals surface area contributed by atoms with Gasteiger partial charge in [-0.15, -0.1) is 10.2 Å².